The van der Waals surface area contributed by atoms with E-state index < -0.39 is 5.60 Å². The van der Waals surface area contributed by atoms with Gasteiger partial charge < -0.3 is 19.6 Å². The largest absolute Gasteiger partial charge is 0.459 e. The van der Waals surface area contributed by atoms with Crippen molar-refractivity contribution in [3.8, 4) is 0 Å². The minimum Gasteiger partial charge on any atom is -0.459 e. The van der Waals surface area contributed by atoms with Crippen molar-refractivity contribution in [1.82, 2.24) is 0 Å². The molecule has 114 valence electrons. The molecule has 0 aliphatic carbocycles. The van der Waals surface area contributed by atoms with E-state index in [2.05, 4.69) is 0 Å². The Hall–Kier alpha value is -1.07. The molecule has 1 fully saturated rings. The Balaban J connectivity index is 1.95. The van der Waals surface area contributed by atoms with Gasteiger partial charge in [-0.05, 0) is 31.2 Å². The van der Waals surface area contributed by atoms with Crippen molar-refractivity contribution in [3.05, 3.63) is 35.0 Å². The summed E-state index contributed by atoms with van der Waals surface area (Å²) in [5, 5.41) is 1.65. The summed E-state index contributed by atoms with van der Waals surface area (Å²) in [6.07, 6.45) is 1.56. The van der Waals surface area contributed by atoms with Gasteiger partial charge in [0.2, 0.25) is 0 Å². The number of fused-ring (bicyclic) bond motifs is 1. The summed E-state index contributed by atoms with van der Waals surface area (Å²) in [7, 11) is 0. The van der Waals surface area contributed by atoms with Gasteiger partial charge in [0.1, 0.15) is 11.3 Å². The molecule has 3 rings (SSSR count). The van der Waals surface area contributed by atoms with Crippen LogP contribution < -0.4 is 5.73 Å². The van der Waals surface area contributed by atoms with Crippen molar-refractivity contribution >= 4 is 22.6 Å². The van der Waals surface area contributed by atoms with E-state index in [1.54, 1.807) is 0 Å². The minimum atomic E-state index is -0.412. The maximum absolute atomic E-state index is 6.49. The number of hydrogen-bond donors (Lipinski definition) is 1. The fourth-order valence-corrected chi connectivity index (χ4v) is 3.18. The topological polar surface area (TPSA) is 57.6 Å². The van der Waals surface area contributed by atoms with Crippen LogP contribution in [0.3, 0.4) is 0 Å². The van der Waals surface area contributed by atoms with Gasteiger partial charge in [-0.15, -0.1) is 0 Å². The molecule has 1 aliphatic heterocycles. The highest BCUT2D eigenvalue weighted by Crippen LogP contribution is 2.38. The number of rotatable bonds is 4. The van der Waals surface area contributed by atoms with E-state index in [-0.39, 0.29) is 6.04 Å². The molecule has 4 nitrogen and oxygen atoms in total. The molecule has 1 aromatic heterocycles. The zero-order chi connectivity index (χ0) is 14.9. The van der Waals surface area contributed by atoms with Gasteiger partial charge in [-0.1, -0.05) is 11.6 Å². The van der Waals surface area contributed by atoms with Gasteiger partial charge in [-0.3, -0.25) is 0 Å². The summed E-state index contributed by atoms with van der Waals surface area (Å²) in [6, 6.07) is 7.21. The Morgan fingerprint density at radius 2 is 2.10 bits per heavy atom. The summed E-state index contributed by atoms with van der Waals surface area (Å²) in [5.74, 6) is 0.739. The average molecular weight is 310 g/mol. The highest BCUT2D eigenvalue weighted by Gasteiger charge is 2.41. The first-order valence-corrected chi connectivity index (χ1v) is 7.69. The van der Waals surface area contributed by atoms with Gasteiger partial charge in [0.05, 0.1) is 11.6 Å². The lowest BCUT2D eigenvalue weighted by Gasteiger charge is -2.40. The van der Waals surface area contributed by atoms with Crippen LogP contribution in [-0.2, 0) is 9.47 Å². The van der Waals surface area contributed by atoms with Gasteiger partial charge in [0, 0.05) is 43.1 Å². The van der Waals surface area contributed by atoms with Gasteiger partial charge in [-0.2, -0.15) is 0 Å². The van der Waals surface area contributed by atoms with Crippen LogP contribution in [0.2, 0.25) is 5.02 Å². The lowest BCUT2D eigenvalue weighted by Crippen LogP contribution is -2.48. The van der Waals surface area contributed by atoms with Crippen LogP contribution in [0.15, 0.2) is 28.7 Å². The van der Waals surface area contributed by atoms with Gasteiger partial charge in [0.15, 0.2) is 0 Å². The predicted octanol–water partition coefficient (Wildman–Crippen LogP) is 3.67. The van der Waals surface area contributed by atoms with Gasteiger partial charge in [-0.25, -0.2) is 0 Å². The first-order chi connectivity index (χ1) is 10.1. The number of hydrogen-bond acceptors (Lipinski definition) is 4. The second kappa shape index (κ2) is 5.97. The zero-order valence-electron chi connectivity index (χ0n) is 12.1. The van der Waals surface area contributed by atoms with E-state index in [0.29, 0.717) is 24.8 Å². The van der Waals surface area contributed by atoms with Crippen molar-refractivity contribution in [3.63, 3.8) is 0 Å². The van der Waals surface area contributed by atoms with E-state index in [1.807, 2.05) is 31.2 Å². The van der Waals surface area contributed by atoms with Crippen LogP contribution in [0.1, 0.15) is 31.6 Å². The van der Waals surface area contributed by atoms with Crippen molar-refractivity contribution in [2.45, 2.75) is 31.4 Å². The molecule has 1 atom stereocenters. The molecule has 1 aromatic carbocycles. The van der Waals surface area contributed by atoms with Crippen LogP contribution in [0.25, 0.3) is 11.0 Å². The lowest BCUT2D eigenvalue weighted by molar-refractivity contribution is -0.124. The molecule has 21 heavy (non-hydrogen) atoms. The summed E-state index contributed by atoms with van der Waals surface area (Å²) in [5.41, 5.74) is 6.87. The number of nitrogens with two attached hydrogens (primary N) is 1. The van der Waals surface area contributed by atoms with Crippen LogP contribution in [-0.4, -0.2) is 25.4 Å². The smallest absolute Gasteiger partial charge is 0.134 e. The molecule has 0 spiro atoms. The molecule has 5 heteroatoms. The first kappa shape index (κ1) is 14.9. The number of benzene rings is 1. The number of furan rings is 1. The Labute approximate surface area is 129 Å². The number of halogens is 1. The molecule has 2 N–H and O–H groups in total. The highest BCUT2D eigenvalue weighted by atomic mass is 35.5. The van der Waals surface area contributed by atoms with Gasteiger partial charge >= 0.3 is 0 Å². The number of ether oxygens (including phenoxy) is 2. The quantitative estimate of drug-likeness (QED) is 0.936. The molecule has 0 radical (unpaired) electrons. The third kappa shape index (κ3) is 2.81. The molecule has 1 aliphatic rings. The Morgan fingerprint density at radius 3 is 2.81 bits per heavy atom. The minimum absolute atomic E-state index is 0.312. The third-order valence-electron chi connectivity index (χ3n) is 4.14. The third-order valence-corrected chi connectivity index (χ3v) is 4.38. The van der Waals surface area contributed by atoms with Crippen LogP contribution >= 0.6 is 11.6 Å². The summed E-state index contributed by atoms with van der Waals surface area (Å²) in [6.45, 7) is 3.95. The van der Waals surface area contributed by atoms with Gasteiger partial charge in [0.25, 0.3) is 0 Å². The summed E-state index contributed by atoms with van der Waals surface area (Å²) >= 11 is 6.02. The van der Waals surface area contributed by atoms with Crippen molar-refractivity contribution in [1.29, 1.82) is 0 Å². The maximum Gasteiger partial charge on any atom is 0.134 e. The maximum atomic E-state index is 6.49. The Kier molecular flexibility index (Phi) is 4.22. The summed E-state index contributed by atoms with van der Waals surface area (Å²) in [4.78, 5) is 0. The zero-order valence-corrected chi connectivity index (χ0v) is 12.9. The molecule has 2 aromatic rings. The van der Waals surface area contributed by atoms with Crippen LogP contribution in [0.5, 0.6) is 0 Å². The molecule has 2 heterocycles. The highest BCUT2D eigenvalue weighted by molar-refractivity contribution is 6.31. The molecule has 0 saturated carbocycles. The fourth-order valence-electron chi connectivity index (χ4n) is 3.00. The second-order valence-electron chi connectivity index (χ2n) is 5.42. The van der Waals surface area contributed by atoms with E-state index >= 15 is 0 Å². The first-order valence-electron chi connectivity index (χ1n) is 7.31. The van der Waals surface area contributed by atoms with Crippen LogP contribution in [0, 0.1) is 0 Å². The van der Waals surface area contributed by atoms with Crippen molar-refractivity contribution < 1.29 is 13.9 Å². The molecular weight excluding hydrogens is 290 g/mol. The molecular formula is C16H20ClNO3. The second-order valence-corrected chi connectivity index (χ2v) is 5.86. The van der Waals surface area contributed by atoms with E-state index in [4.69, 9.17) is 31.2 Å². The standard InChI is InChI=1S/C16H20ClNO3/c1-2-20-16(5-7-19-8-6-16)15(18)14-10-11-9-12(17)3-4-13(11)21-14/h3-4,9-10,15H,2,5-8,18H2,1H3. The monoisotopic (exact) mass is 309 g/mol. The lowest BCUT2D eigenvalue weighted by atomic mass is 9.85. The molecule has 1 saturated heterocycles. The van der Waals surface area contributed by atoms with E-state index in [9.17, 15) is 0 Å². The SMILES string of the molecule is CCOC1(C(N)c2cc3cc(Cl)ccc3o2)CCOCC1. The predicted molar refractivity (Wildman–Crippen MR) is 82.6 cm³/mol. The van der Waals surface area contributed by atoms with Crippen LogP contribution in [0.4, 0.5) is 0 Å². The van der Waals surface area contributed by atoms with E-state index in [0.717, 1.165) is 29.6 Å². The summed E-state index contributed by atoms with van der Waals surface area (Å²) < 4.78 is 17.4. The molecule has 1 unspecified atom stereocenters. The average Bonchev–Trinajstić information content (AvgIpc) is 2.90. The Morgan fingerprint density at radius 1 is 1.33 bits per heavy atom. The molecule has 0 bridgehead atoms. The van der Waals surface area contributed by atoms with Crippen molar-refractivity contribution in [2.24, 2.45) is 5.73 Å². The molecule has 0 amide bonds. The van der Waals surface area contributed by atoms with Crippen molar-refractivity contribution in [2.75, 3.05) is 19.8 Å². The Bertz CT molecular complexity index is 613. The van der Waals surface area contributed by atoms with E-state index in [1.165, 1.54) is 0 Å². The normalized spacial score (nSPS) is 19.8. The fraction of sp³-hybridized carbons (Fsp3) is 0.500.